The predicted molar refractivity (Wildman–Crippen MR) is 154 cm³/mol. The first-order valence-electron chi connectivity index (χ1n) is 12.4. The molecule has 0 fully saturated rings. The lowest BCUT2D eigenvalue weighted by atomic mass is 9.97. The molecule has 0 atom stereocenters. The van der Waals surface area contributed by atoms with Crippen LogP contribution in [0.3, 0.4) is 0 Å². The predicted octanol–water partition coefficient (Wildman–Crippen LogP) is 8.16. The molecular formula is C33H26N2O3. The number of rotatable bonds is 5. The monoisotopic (exact) mass is 498 g/mol. The Morgan fingerprint density at radius 2 is 1.76 bits per heavy atom. The second-order valence-corrected chi connectivity index (χ2v) is 9.40. The summed E-state index contributed by atoms with van der Waals surface area (Å²) < 4.78 is 11.6. The summed E-state index contributed by atoms with van der Waals surface area (Å²) in [6.45, 7) is 3.86. The van der Waals surface area contributed by atoms with Gasteiger partial charge in [0.25, 0.3) is 0 Å². The van der Waals surface area contributed by atoms with Crippen molar-refractivity contribution in [1.82, 2.24) is 4.98 Å². The minimum atomic E-state index is -0.223. The van der Waals surface area contributed by atoms with E-state index in [1.165, 1.54) is 10.8 Å². The number of ether oxygens (including phenoxy) is 1. The number of fused-ring (bicyclic) bond motifs is 3. The van der Waals surface area contributed by atoms with Gasteiger partial charge in [0.1, 0.15) is 11.3 Å². The van der Waals surface area contributed by atoms with Crippen LogP contribution in [-0.2, 0) is 4.79 Å². The van der Waals surface area contributed by atoms with E-state index in [0.717, 1.165) is 55.5 Å². The van der Waals surface area contributed by atoms with Crippen LogP contribution in [0.25, 0.3) is 49.3 Å². The van der Waals surface area contributed by atoms with Crippen LogP contribution >= 0.6 is 0 Å². The lowest BCUT2D eigenvalue weighted by Crippen LogP contribution is -2.09. The Labute approximate surface area is 220 Å². The minimum absolute atomic E-state index is 0.223. The molecule has 2 heterocycles. The molecule has 0 bridgehead atoms. The van der Waals surface area contributed by atoms with Gasteiger partial charge in [0.15, 0.2) is 0 Å². The van der Waals surface area contributed by atoms with Gasteiger partial charge in [-0.05, 0) is 72.2 Å². The average molecular weight is 499 g/mol. The number of hydrogen-bond donors (Lipinski definition) is 1. The maximum atomic E-state index is 13.1. The molecule has 0 aliphatic heterocycles. The van der Waals surface area contributed by atoms with Gasteiger partial charge in [-0.3, -0.25) is 9.78 Å². The molecule has 0 saturated heterocycles. The maximum Gasteiger partial charge on any atom is 0.248 e. The van der Waals surface area contributed by atoms with Crippen LogP contribution in [0.2, 0.25) is 0 Å². The molecule has 6 aromatic rings. The van der Waals surface area contributed by atoms with Crippen LogP contribution in [-0.4, -0.2) is 18.0 Å². The van der Waals surface area contributed by atoms with E-state index in [4.69, 9.17) is 9.15 Å². The molecule has 186 valence electrons. The first-order valence-corrected chi connectivity index (χ1v) is 12.4. The molecule has 1 amide bonds. The third-order valence-electron chi connectivity index (χ3n) is 6.86. The number of aromatic nitrogens is 1. The molecule has 0 spiro atoms. The number of amides is 1. The fourth-order valence-corrected chi connectivity index (χ4v) is 4.92. The first kappa shape index (κ1) is 23.5. The highest BCUT2D eigenvalue weighted by molar-refractivity contribution is 6.09. The van der Waals surface area contributed by atoms with Gasteiger partial charge >= 0.3 is 0 Å². The Hall–Kier alpha value is -4.90. The lowest BCUT2D eigenvalue weighted by Gasteiger charge is -2.11. The number of nitrogens with zero attached hydrogens (tertiary/aromatic N) is 1. The van der Waals surface area contributed by atoms with E-state index >= 15 is 0 Å². The van der Waals surface area contributed by atoms with Gasteiger partial charge in [0.05, 0.1) is 24.6 Å². The van der Waals surface area contributed by atoms with Crippen LogP contribution in [0.4, 0.5) is 5.69 Å². The summed E-state index contributed by atoms with van der Waals surface area (Å²) in [5.74, 6) is 0.419. The van der Waals surface area contributed by atoms with E-state index in [9.17, 15) is 4.79 Å². The van der Waals surface area contributed by atoms with Crippen molar-refractivity contribution in [2.45, 2.75) is 13.8 Å². The third kappa shape index (κ3) is 4.28. The molecule has 1 N–H and O–H groups in total. The molecule has 0 aliphatic rings. The summed E-state index contributed by atoms with van der Waals surface area (Å²) in [7, 11) is 1.62. The average Bonchev–Trinajstić information content (AvgIpc) is 3.34. The van der Waals surface area contributed by atoms with Crippen LogP contribution in [0.5, 0.6) is 5.75 Å². The minimum Gasteiger partial charge on any atom is -0.496 e. The number of anilines is 1. The highest BCUT2D eigenvalue weighted by atomic mass is 16.5. The van der Waals surface area contributed by atoms with Crippen LogP contribution < -0.4 is 10.1 Å². The number of furan rings is 1. The zero-order chi connectivity index (χ0) is 26.2. The van der Waals surface area contributed by atoms with Gasteiger partial charge < -0.3 is 14.5 Å². The fourth-order valence-electron chi connectivity index (χ4n) is 4.92. The zero-order valence-corrected chi connectivity index (χ0v) is 21.4. The number of methoxy groups -OCH3 is 1. The summed E-state index contributed by atoms with van der Waals surface area (Å²) in [5, 5.41) is 7.23. The second kappa shape index (κ2) is 9.52. The molecule has 0 aliphatic carbocycles. The molecule has 0 unspecified atom stereocenters. The molecule has 4 aromatic carbocycles. The van der Waals surface area contributed by atoms with E-state index in [-0.39, 0.29) is 5.91 Å². The number of nitrogens with one attached hydrogen (secondary N) is 1. The van der Waals surface area contributed by atoms with Crippen molar-refractivity contribution in [2.75, 3.05) is 12.4 Å². The Morgan fingerprint density at radius 3 is 2.61 bits per heavy atom. The molecule has 38 heavy (non-hydrogen) atoms. The number of hydrogen-bond acceptors (Lipinski definition) is 4. The SMILES string of the molecule is COc1cc2occ(-c3ccc4ccccc4c3)c2cc1/C(C)=C/C(=O)Nc1cccc2nc(C)ccc12. The topological polar surface area (TPSA) is 64.4 Å². The highest BCUT2D eigenvalue weighted by Gasteiger charge is 2.16. The molecule has 2 aromatic heterocycles. The van der Waals surface area contributed by atoms with Gasteiger partial charge in [-0.25, -0.2) is 0 Å². The van der Waals surface area contributed by atoms with Crippen LogP contribution in [0.1, 0.15) is 18.2 Å². The fraction of sp³-hybridized carbons (Fsp3) is 0.0909. The van der Waals surface area contributed by atoms with E-state index in [1.807, 2.05) is 68.4 Å². The summed E-state index contributed by atoms with van der Waals surface area (Å²) in [4.78, 5) is 17.6. The molecule has 5 heteroatoms. The number of aryl methyl sites for hydroxylation is 1. The highest BCUT2D eigenvalue weighted by Crippen LogP contribution is 2.38. The Bertz CT molecular complexity index is 1880. The molecule has 6 rings (SSSR count). The van der Waals surface area contributed by atoms with Gasteiger partial charge in [0.2, 0.25) is 5.91 Å². The number of allylic oxidation sites excluding steroid dienone is 1. The molecular weight excluding hydrogens is 472 g/mol. The van der Waals surface area contributed by atoms with Crippen molar-refractivity contribution < 1.29 is 13.9 Å². The third-order valence-corrected chi connectivity index (χ3v) is 6.86. The number of pyridine rings is 1. The van der Waals surface area contributed by atoms with Crippen molar-refractivity contribution in [1.29, 1.82) is 0 Å². The van der Waals surface area contributed by atoms with E-state index < -0.39 is 0 Å². The van der Waals surface area contributed by atoms with Crippen molar-refractivity contribution >= 4 is 49.8 Å². The van der Waals surface area contributed by atoms with Gasteiger partial charge in [-0.15, -0.1) is 0 Å². The van der Waals surface area contributed by atoms with Crippen molar-refractivity contribution in [3.8, 4) is 16.9 Å². The summed E-state index contributed by atoms with van der Waals surface area (Å²) in [6.07, 6.45) is 3.37. The summed E-state index contributed by atoms with van der Waals surface area (Å²) >= 11 is 0. The Morgan fingerprint density at radius 1 is 0.921 bits per heavy atom. The lowest BCUT2D eigenvalue weighted by molar-refractivity contribution is -0.111. The quantitative estimate of drug-likeness (QED) is 0.244. The van der Waals surface area contributed by atoms with E-state index in [1.54, 1.807) is 19.4 Å². The van der Waals surface area contributed by atoms with Crippen molar-refractivity contribution in [3.05, 3.63) is 109 Å². The number of benzene rings is 4. The van der Waals surface area contributed by atoms with Crippen LogP contribution in [0.15, 0.2) is 102 Å². The largest absolute Gasteiger partial charge is 0.496 e. The van der Waals surface area contributed by atoms with Crippen LogP contribution in [0, 0.1) is 6.92 Å². The van der Waals surface area contributed by atoms with E-state index in [0.29, 0.717) is 5.75 Å². The Kier molecular flexibility index (Phi) is 5.89. The molecule has 5 nitrogen and oxygen atoms in total. The smallest absolute Gasteiger partial charge is 0.248 e. The molecule has 0 saturated carbocycles. The normalized spacial score (nSPS) is 11.8. The zero-order valence-electron chi connectivity index (χ0n) is 21.4. The van der Waals surface area contributed by atoms with Gasteiger partial charge in [-0.2, -0.15) is 0 Å². The van der Waals surface area contributed by atoms with Gasteiger partial charge in [0, 0.05) is 39.7 Å². The standard InChI is InChI=1S/C33H26N2O3/c1-20(15-33(36)35-30-10-6-9-29-25(30)14-11-21(2)34-29)26-17-27-28(19-38-32(27)18-31(26)37-3)24-13-12-22-7-4-5-8-23(22)16-24/h4-19H,1-3H3,(H,35,36)/b20-15+. The maximum absolute atomic E-state index is 13.1. The summed E-state index contributed by atoms with van der Waals surface area (Å²) in [5.41, 5.74) is 6.89. The van der Waals surface area contributed by atoms with E-state index in [2.05, 4.69) is 40.6 Å². The van der Waals surface area contributed by atoms with Gasteiger partial charge in [-0.1, -0.05) is 42.5 Å². The first-order chi connectivity index (χ1) is 18.5. The number of carbonyl (C=O) groups excluding carboxylic acids is 1. The molecule has 0 radical (unpaired) electrons. The number of carbonyl (C=O) groups is 1. The Balaban J connectivity index is 1.37. The summed E-state index contributed by atoms with van der Waals surface area (Å²) in [6, 6.07) is 28.2. The van der Waals surface area contributed by atoms with Crippen molar-refractivity contribution in [2.24, 2.45) is 0 Å². The second-order valence-electron chi connectivity index (χ2n) is 9.40. The van der Waals surface area contributed by atoms with Crippen molar-refractivity contribution in [3.63, 3.8) is 0 Å².